The molecule has 0 spiro atoms. The van der Waals surface area contributed by atoms with Gasteiger partial charge in [0.1, 0.15) is 0 Å². The maximum absolute atomic E-state index is 12.1. The van der Waals surface area contributed by atoms with Crippen molar-refractivity contribution >= 4 is 11.6 Å². The fraction of sp³-hybridized carbons (Fsp3) is 0.294. The van der Waals surface area contributed by atoms with E-state index in [4.69, 9.17) is 0 Å². The number of pyridine rings is 1. The maximum atomic E-state index is 12.1. The summed E-state index contributed by atoms with van der Waals surface area (Å²) in [7, 11) is 0. The zero-order valence-electron chi connectivity index (χ0n) is 12.3. The number of rotatable bonds is 7. The molecule has 0 aliphatic carbocycles. The fourth-order valence-electron chi connectivity index (χ4n) is 2.07. The van der Waals surface area contributed by atoms with Crippen LogP contribution in [0.3, 0.4) is 0 Å². The third-order valence-electron chi connectivity index (χ3n) is 3.22. The van der Waals surface area contributed by atoms with Crippen molar-refractivity contribution in [2.24, 2.45) is 0 Å². The van der Waals surface area contributed by atoms with Crippen LogP contribution in [-0.4, -0.2) is 17.4 Å². The second kappa shape index (κ2) is 8.17. The minimum absolute atomic E-state index is 0.0304. The largest absolute Gasteiger partial charge is 0.326 e. The van der Waals surface area contributed by atoms with Crippen LogP contribution in [0.15, 0.2) is 48.8 Å². The van der Waals surface area contributed by atoms with Gasteiger partial charge < -0.3 is 10.6 Å². The van der Waals surface area contributed by atoms with E-state index in [1.807, 2.05) is 36.4 Å². The van der Waals surface area contributed by atoms with Crippen molar-refractivity contribution in [1.82, 2.24) is 10.3 Å². The molecule has 110 valence electrons. The van der Waals surface area contributed by atoms with Crippen molar-refractivity contribution in [3.8, 4) is 0 Å². The fourth-order valence-corrected chi connectivity index (χ4v) is 2.07. The van der Waals surface area contributed by atoms with E-state index in [0.717, 1.165) is 29.9 Å². The number of hydrogen-bond acceptors (Lipinski definition) is 3. The van der Waals surface area contributed by atoms with Gasteiger partial charge in [-0.15, -0.1) is 0 Å². The normalized spacial score (nSPS) is 10.3. The highest BCUT2D eigenvalue weighted by molar-refractivity contribution is 5.91. The molecule has 4 nitrogen and oxygen atoms in total. The van der Waals surface area contributed by atoms with Crippen LogP contribution >= 0.6 is 0 Å². The first-order valence-electron chi connectivity index (χ1n) is 7.27. The molecule has 1 heterocycles. The third-order valence-corrected chi connectivity index (χ3v) is 3.22. The Morgan fingerprint density at radius 2 is 2.05 bits per heavy atom. The highest BCUT2D eigenvalue weighted by Gasteiger charge is 2.06. The number of nitrogens with one attached hydrogen (secondary N) is 2. The predicted octanol–water partition coefficient (Wildman–Crippen LogP) is 2.76. The molecule has 4 heteroatoms. The zero-order valence-corrected chi connectivity index (χ0v) is 12.3. The maximum Gasteiger partial charge on any atom is 0.224 e. The minimum Gasteiger partial charge on any atom is -0.326 e. The molecule has 0 saturated heterocycles. The van der Waals surface area contributed by atoms with Crippen molar-refractivity contribution in [1.29, 1.82) is 0 Å². The van der Waals surface area contributed by atoms with Crippen molar-refractivity contribution < 1.29 is 4.79 Å². The van der Waals surface area contributed by atoms with Crippen LogP contribution in [0.1, 0.15) is 24.5 Å². The second-order valence-electron chi connectivity index (χ2n) is 4.85. The monoisotopic (exact) mass is 283 g/mol. The van der Waals surface area contributed by atoms with Crippen LogP contribution < -0.4 is 10.6 Å². The molecule has 0 unspecified atom stereocenters. The van der Waals surface area contributed by atoms with Crippen LogP contribution in [-0.2, 0) is 17.8 Å². The lowest BCUT2D eigenvalue weighted by Gasteiger charge is -2.11. The average molecular weight is 283 g/mol. The van der Waals surface area contributed by atoms with Gasteiger partial charge in [0, 0.05) is 31.0 Å². The van der Waals surface area contributed by atoms with Crippen molar-refractivity contribution in [2.75, 3.05) is 11.9 Å². The molecule has 2 aromatic rings. The van der Waals surface area contributed by atoms with E-state index in [0.29, 0.717) is 12.8 Å². The molecule has 1 amide bonds. The number of anilines is 1. The molecular formula is C17H21N3O. The molecule has 1 aromatic carbocycles. The second-order valence-corrected chi connectivity index (χ2v) is 4.85. The molecule has 0 radical (unpaired) electrons. The van der Waals surface area contributed by atoms with Crippen molar-refractivity contribution in [2.45, 2.75) is 26.3 Å². The summed E-state index contributed by atoms with van der Waals surface area (Å²) in [6.45, 7) is 3.73. The van der Waals surface area contributed by atoms with Gasteiger partial charge in [-0.3, -0.25) is 9.78 Å². The molecule has 0 aliphatic rings. The number of hydrogen-bond donors (Lipinski definition) is 2. The Balaban J connectivity index is 1.90. The highest BCUT2D eigenvalue weighted by Crippen LogP contribution is 2.15. The lowest BCUT2D eigenvalue weighted by Crippen LogP contribution is -2.17. The lowest BCUT2D eigenvalue weighted by atomic mass is 10.1. The molecule has 1 aromatic heterocycles. The Hall–Kier alpha value is -2.20. The Bertz CT molecular complexity index is 569. The van der Waals surface area contributed by atoms with Crippen LogP contribution in [0.5, 0.6) is 0 Å². The van der Waals surface area contributed by atoms with E-state index < -0.39 is 0 Å². The van der Waals surface area contributed by atoms with Gasteiger partial charge in [0.25, 0.3) is 0 Å². The van der Waals surface area contributed by atoms with Gasteiger partial charge in [-0.2, -0.15) is 0 Å². The molecule has 2 rings (SSSR count). The molecule has 21 heavy (non-hydrogen) atoms. The zero-order chi connectivity index (χ0) is 14.9. The molecular weight excluding hydrogens is 262 g/mol. The van der Waals surface area contributed by atoms with Gasteiger partial charge in [0.05, 0.1) is 0 Å². The Morgan fingerprint density at radius 3 is 2.81 bits per heavy atom. The predicted molar refractivity (Wildman–Crippen MR) is 85.0 cm³/mol. The quantitative estimate of drug-likeness (QED) is 0.821. The summed E-state index contributed by atoms with van der Waals surface area (Å²) in [6, 6.07) is 11.8. The SMILES string of the molecule is CCNCc1ccccc1NC(=O)CCc1cccnc1. The standard InChI is InChI=1S/C17H21N3O/c1-2-18-13-15-7-3-4-8-16(15)20-17(21)10-9-14-6-5-11-19-12-14/h3-8,11-12,18H,2,9-10,13H2,1H3,(H,20,21). The number of aromatic nitrogens is 1. The topological polar surface area (TPSA) is 54.0 Å². The number of benzene rings is 1. The Morgan fingerprint density at radius 1 is 1.19 bits per heavy atom. The average Bonchev–Trinajstić information content (AvgIpc) is 2.53. The third kappa shape index (κ3) is 5.00. The summed E-state index contributed by atoms with van der Waals surface area (Å²) in [5, 5.41) is 6.27. The minimum atomic E-state index is 0.0304. The number of para-hydroxylation sites is 1. The summed E-state index contributed by atoms with van der Waals surface area (Å²) in [6.07, 6.45) is 4.70. The molecule has 0 fully saturated rings. The van der Waals surface area contributed by atoms with Gasteiger partial charge in [-0.1, -0.05) is 31.2 Å². The first kappa shape index (κ1) is 15.2. The number of carbonyl (C=O) groups is 1. The summed E-state index contributed by atoms with van der Waals surface area (Å²) < 4.78 is 0. The van der Waals surface area contributed by atoms with E-state index in [-0.39, 0.29) is 5.91 Å². The van der Waals surface area contributed by atoms with Gasteiger partial charge in [-0.05, 0) is 36.2 Å². The van der Waals surface area contributed by atoms with Gasteiger partial charge in [0.15, 0.2) is 0 Å². The smallest absolute Gasteiger partial charge is 0.224 e. The number of amides is 1. The van der Waals surface area contributed by atoms with E-state index >= 15 is 0 Å². The van der Waals surface area contributed by atoms with Gasteiger partial charge >= 0.3 is 0 Å². The number of carbonyl (C=O) groups excluding carboxylic acids is 1. The summed E-state index contributed by atoms with van der Waals surface area (Å²) in [5.41, 5.74) is 3.07. The molecule has 0 bridgehead atoms. The highest BCUT2D eigenvalue weighted by atomic mass is 16.1. The Labute approximate surface area is 125 Å². The van der Waals surface area contributed by atoms with Crippen molar-refractivity contribution in [3.63, 3.8) is 0 Å². The molecule has 2 N–H and O–H groups in total. The number of nitrogens with zero attached hydrogens (tertiary/aromatic N) is 1. The van der Waals surface area contributed by atoms with E-state index in [9.17, 15) is 4.79 Å². The van der Waals surface area contributed by atoms with E-state index in [1.54, 1.807) is 12.4 Å². The van der Waals surface area contributed by atoms with Gasteiger partial charge in [-0.25, -0.2) is 0 Å². The first-order chi connectivity index (χ1) is 10.3. The summed E-state index contributed by atoms with van der Waals surface area (Å²) >= 11 is 0. The van der Waals surface area contributed by atoms with Crippen LogP contribution in [0.2, 0.25) is 0 Å². The summed E-state index contributed by atoms with van der Waals surface area (Å²) in [4.78, 5) is 16.1. The van der Waals surface area contributed by atoms with Crippen LogP contribution in [0.25, 0.3) is 0 Å². The van der Waals surface area contributed by atoms with Crippen LogP contribution in [0.4, 0.5) is 5.69 Å². The molecule has 0 aliphatic heterocycles. The van der Waals surface area contributed by atoms with E-state index in [2.05, 4.69) is 22.5 Å². The van der Waals surface area contributed by atoms with E-state index in [1.165, 1.54) is 0 Å². The van der Waals surface area contributed by atoms with Crippen molar-refractivity contribution in [3.05, 3.63) is 59.9 Å². The number of aryl methyl sites for hydroxylation is 1. The lowest BCUT2D eigenvalue weighted by molar-refractivity contribution is -0.116. The van der Waals surface area contributed by atoms with Gasteiger partial charge in [0.2, 0.25) is 5.91 Å². The molecule has 0 saturated carbocycles. The summed E-state index contributed by atoms with van der Waals surface area (Å²) in [5.74, 6) is 0.0304. The first-order valence-corrected chi connectivity index (χ1v) is 7.27. The molecule has 0 atom stereocenters. The Kier molecular flexibility index (Phi) is 5.91. The van der Waals surface area contributed by atoms with Crippen LogP contribution in [0, 0.1) is 0 Å².